The molecule has 29 heavy (non-hydrogen) atoms. The molecule has 1 spiro atoms. The molecule has 0 bridgehead atoms. The number of rotatable bonds is 2. The van der Waals surface area contributed by atoms with Gasteiger partial charge in [-0.1, -0.05) is 0 Å². The predicted molar refractivity (Wildman–Crippen MR) is 111 cm³/mol. The first-order chi connectivity index (χ1) is 14.0. The molecule has 1 amide bonds. The molecule has 0 saturated carbocycles. The Labute approximate surface area is 170 Å². The smallest absolute Gasteiger partial charge is 0.272 e. The van der Waals surface area contributed by atoms with Gasteiger partial charge in [0.05, 0.1) is 18.3 Å². The summed E-state index contributed by atoms with van der Waals surface area (Å²) in [7, 11) is 3.54. The number of ether oxygens (including phenoxy) is 1. The number of H-pyrrole nitrogens is 1. The average Bonchev–Trinajstić information content (AvgIpc) is 3.28. The number of amides is 1. The summed E-state index contributed by atoms with van der Waals surface area (Å²) in [6.45, 7) is 4.33. The minimum absolute atomic E-state index is 0.0698. The van der Waals surface area contributed by atoms with Gasteiger partial charge in [-0.25, -0.2) is 0 Å². The van der Waals surface area contributed by atoms with E-state index in [1.807, 2.05) is 31.0 Å². The van der Waals surface area contributed by atoms with Crippen molar-refractivity contribution in [2.24, 2.45) is 7.05 Å². The number of methoxy groups -OCH3 is 1. The second kappa shape index (κ2) is 6.62. The van der Waals surface area contributed by atoms with Gasteiger partial charge in [0.1, 0.15) is 11.4 Å². The number of nitrogens with zero attached hydrogens (tertiary/aromatic N) is 3. The van der Waals surface area contributed by atoms with Crippen LogP contribution in [-0.4, -0.2) is 52.3 Å². The number of nitrogens with one attached hydrogen (secondary N) is 2. The van der Waals surface area contributed by atoms with Crippen LogP contribution in [0.2, 0.25) is 0 Å². The molecule has 0 atom stereocenters. The van der Waals surface area contributed by atoms with Gasteiger partial charge in [0.2, 0.25) is 0 Å². The lowest BCUT2D eigenvalue weighted by Crippen LogP contribution is -2.55. The highest BCUT2D eigenvalue weighted by molar-refractivity contribution is 5.93. The van der Waals surface area contributed by atoms with Crippen molar-refractivity contribution in [3.05, 3.63) is 46.9 Å². The number of carbonyl (C=O) groups is 1. The molecule has 5 rings (SSSR count). The van der Waals surface area contributed by atoms with E-state index in [0.717, 1.165) is 55.9 Å². The lowest BCUT2D eigenvalue weighted by molar-refractivity contribution is 0.0616. The molecule has 2 N–H and O–H groups in total. The zero-order chi connectivity index (χ0) is 20.2. The maximum Gasteiger partial charge on any atom is 0.272 e. The summed E-state index contributed by atoms with van der Waals surface area (Å²) >= 11 is 0. The SMILES string of the molecule is COc1ccc2[nH]c3c(c2c1)CCNC31CCN(C(=O)c2cc(C)nn2C)CC1. The van der Waals surface area contributed by atoms with E-state index < -0.39 is 0 Å². The first-order valence-electron chi connectivity index (χ1n) is 10.2. The summed E-state index contributed by atoms with van der Waals surface area (Å²) < 4.78 is 7.12. The molecule has 2 aliphatic rings. The summed E-state index contributed by atoms with van der Waals surface area (Å²) in [5, 5.41) is 9.35. The number of aromatic nitrogens is 3. The lowest BCUT2D eigenvalue weighted by atomic mass is 9.79. The molecule has 152 valence electrons. The van der Waals surface area contributed by atoms with E-state index >= 15 is 0 Å². The van der Waals surface area contributed by atoms with Crippen LogP contribution in [0.1, 0.15) is 40.3 Å². The summed E-state index contributed by atoms with van der Waals surface area (Å²) in [5.74, 6) is 0.958. The van der Waals surface area contributed by atoms with E-state index in [9.17, 15) is 4.79 Å². The highest BCUT2D eigenvalue weighted by Crippen LogP contribution is 2.41. The first kappa shape index (κ1) is 18.2. The number of piperidine rings is 1. The minimum atomic E-state index is -0.0982. The molecular weight excluding hydrogens is 366 g/mol. The van der Waals surface area contributed by atoms with Crippen LogP contribution >= 0.6 is 0 Å². The molecule has 7 nitrogen and oxygen atoms in total. The van der Waals surface area contributed by atoms with Gasteiger partial charge in [-0.3, -0.25) is 9.48 Å². The van der Waals surface area contributed by atoms with Crippen molar-refractivity contribution in [2.45, 2.75) is 31.7 Å². The van der Waals surface area contributed by atoms with Gasteiger partial charge in [-0.05, 0) is 56.0 Å². The quantitative estimate of drug-likeness (QED) is 0.702. The van der Waals surface area contributed by atoms with Gasteiger partial charge in [-0.2, -0.15) is 5.10 Å². The Morgan fingerprint density at radius 3 is 2.72 bits per heavy atom. The fourth-order valence-electron chi connectivity index (χ4n) is 5.03. The monoisotopic (exact) mass is 393 g/mol. The summed E-state index contributed by atoms with van der Waals surface area (Å²) in [6, 6.07) is 8.10. The van der Waals surface area contributed by atoms with Gasteiger partial charge in [-0.15, -0.1) is 0 Å². The van der Waals surface area contributed by atoms with Crippen molar-refractivity contribution in [1.82, 2.24) is 25.0 Å². The standard InChI is InChI=1S/C22H27N5O2/c1-14-12-19(26(2)25-14)21(28)27-10-7-22(8-11-27)20-16(6-9-23-22)17-13-15(29-3)4-5-18(17)24-20/h4-5,12-13,23-24H,6-11H2,1-3H3. The van der Waals surface area contributed by atoms with Crippen LogP contribution in [-0.2, 0) is 19.0 Å². The predicted octanol–water partition coefficient (Wildman–Crippen LogP) is 2.50. The van der Waals surface area contributed by atoms with Crippen molar-refractivity contribution in [2.75, 3.05) is 26.7 Å². The molecule has 2 aliphatic heterocycles. The Morgan fingerprint density at radius 1 is 1.24 bits per heavy atom. The number of hydrogen-bond donors (Lipinski definition) is 2. The molecule has 1 saturated heterocycles. The maximum atomic E-state index is 13.0. The Kier molecular flexibility index (Phi) is 4.17. The Hall–Kier alpha value is -2.80. The summed E-state index contributed by atoms with van der Waals surface area (Å²) in [6.07, 6.45) is 2.79. The molecule has 7 heteroatoms. The molecule has 3 aromatic rings. The van der Waals surface area contributed by atoms with Crippen LogP contribution in [0, 0.1) is 6.92 Å². The third-order valence-electron chi connectivity index (χ3n) is 6.56. The normalized spacial score (nSPS) is 18.2. The summed E-state index contributed by atoms with van der Waals surface area (Å²) in [5.41, 5.74) is 5.27. The number of benzene rings is 1. The zero-order valence-corrected chi connectivity index (χ0v) is 17.2. The number of hydrogen-bond acceptors (Lipinski definition) is 4. The van der Waals surface area contributed by atoms with Crippen LogP contribution in [0.15, 0.2) is 24.3 Å². The molecule has 1 aromatic carbocycles. The van der Waals surface area contributed by atoms with Crippen LogP contribution < -0.4 is 10.1 Å². The molecule has 0 radical (unpaired) electrons. The largest absolute Gasteiger partial charge is 0.497 e. The molecule has 2 aromatic heterocycles. The Morgan fingerprint density at radius 2 is 2.03 bits per heavy atom. The maximum absolute atomic E-state index is 13.0. The number of aromatic amines is 1. The zero-order valence-electron chi connectivity index (χ0n) is 17.2. The second-order valence-corrected chi connectivity index (χ2v) is 8.24. The highest BCUT2D eigenvalue weighted by Gasteiger charge is 2.42. The van der Waals surface area contributed by atoms with E-state index in [-0.39, 0.29) is 11.4 Å². The number of carbonyl (C=O) groups excluding carboxylic acids is 1. The van der Waals surface area contributed by atoms with E-state index in [1.165, 1.54) is 16.6 Å². The fraction of sp³-hybridized carbons (Fsp3) is 0.455. The summed E-state index contributed by atoms with van der Waals surface area (Å²) in [4.78, 5) is 18.6. The van der Waals surface area contributed by atoms with Gasteiger partial charge < -0.3 is 19.9 Å². The molecule has 1 fully saturated rings. The van der Waals surface area contributed by atoms with Crippen LogP contribution in [0.25, 0.3) is 10.9 Å². The van der Waals surface area contributed by atoms with Crippen molar-refractivity contribution in [1.29, 1.82) is 0 Å². The van der Waals surface area contributed by atoms with Crippen molar-refractivity contribution >= 4 is 16.8 Å². The van der Waals surface area contributed by atoms with Gasteiger partial charge >= 0.3 is 0 Å². The molecule has 4 heterocycles. The van der Waals surface area contributed by atoms with Crippen molar-refractivity contribution in [3.63, 3.8) is 0 Å². The topological polar surface area (TPSA) is 75.2 Å². The van der Waals surface area contributed by atoms with Crippen molar-refractivity contribution in [3.8, 4) is 5.75 Å². The van der Waals surface area contributed by atoms with E-state index in [2.05, 4.69) is 27.5 Å². The Balaban J connectivity index is 1.43. The van der Waals surface area contributed by atoms with Crippen LogP contribution in [0.4, 0.5) is 0 Å². The number of aryl methyl sites for hydroxylation is 2. The minimum Gasteiger partial charge on any atom is -0.497 e. The van der Waals surface area contributed by atoms with Gasteiger partial charge in [0.25, 0.3) is 5.91 Å². The second-order valence-electron chi connectivity index (χ2n) is 8.24. The van der Waals surface area contributed by atoms with Gasteiger partial charge in [0.15, 0.2) is 0 Å². The third-order valence-corrected chi connectivity index (χ3v) is 6.56. The number of fused-ring (bicyclic) bond motifs is 4. The number of likely N-dealkylation sites (tertiary alicyclic amines) is 1. The highest BCUT2D eigenvalue weighted by atomic mass is 16.5. The van der Waals surface area contributed by atoms with Gasteiger partial charge in [0, 0.05) is 43.3 Å². The molecule has 0 unspecified atom stereocenters. The fourth-order valence-corrected chi connectivity index (χ4v) is 5.03. The van der Waals surface area contributed by atoms with Crippen LogP contribution in [0.3, 0.4) is 0 Å². The molecule has 0 aliphatic carbocycles. The average molecular weight is 393 g/mol. The van der Waals surface area contributed by atoms with E-state index in [0.29, 0.717) is 5.69 Å². The Bertz CT molecular complexity index is 1090. The van der Waals surface area contributed by atoms with Crippen molar-refractivity contribution < 1.29 is 9.53 Å². The first-order valence-corrected chi connectivity index (χ1v) is 10.2. The van der Waals surface area contributed by atoms with E-state index in [1.54, 1.807) is 11.8 Å². The third kappa shape index (κ3) is 2.83. The van der Waals surface area contributed by atoms with Crippen LogP contribution in [0.5, 0.6) is 5.75 Å². The lowest BCUT2D eigenvalue weighted by Gasteiger charge is -2.44. The molecular formula is C22H27N5O2. The van der Waals surface area contributed by atoms with E-state index in [4.69, 9.17) is 4.74 Å².